The average Bonchev–Trinajstić information content (AvgIpc) is 2.74. The molecule has 4 aromatic rings. The SMILES string of the molecule is CN1CN=C(c2cccc(-c3cccc4ccccc34)c2)c2ccccc21. The van der Waals surface area contributed by atoms with Gasteiger partial charge in [-0.15, -0.1) is 0 Å². The minimum Gasteiger partial charge on any atom is -0.355 e. The van der Waals surface area contributed by atoms with Gasteiger partial charge in [0.15, 0.2) is 0 Å². The van der Waals surface area contributed by atoms with Crippen molar-refractivity contribution in [3.8, 4) is 11.1 Å². The molecule has 0 atom stereocenters. The molecular formula is C25H20N2. The van der Waals surface area contributed by atoms with E-state index in [4.69, 9.17) is 4.99 Å². The Labute approximate surface area is 159 Å². The zero-order valence-electron chi connectivity index (χ0n) is 15.3. The Morgan fingerprint density at radius 3 is 2.37 bits per heavy atom. The lowest BCUT2D eigenvalue weighted by Crippen LogP contribution is -2.26. The number of hydrogen-bond donors (Lipinski definition) is 0. The molecule has 1 aliphatic heterocycles. The minimum absolute atomic E-state index is 0.685. The molecule has 27 heavy (non-hydrogen) atoms. The van der Waals surface area contributed by atoms with Crippen LogP contribution >= 0.6 is 0 Å². The maximum absolute atomic E-state index is 4.86. The van der Waals surface area contributed by atoms with Crippen molar-refractivity contribution in [1.82, 2.24) is 0 Å². The minimum atomic E-state index is 0.685. The van der Waals surface area contributed by atoms with Crippen molar-refractivity contribution in [3.63, 3.8) is 0 Å². The van der Waals surface area contributed by atoms with Crippen LogP contribution in [0, 0.1) is 0 Å². The van der Waals surface area contributed by atoms with Crippen LogP contribution in [0.4, 0.5) is 5.69 Å². The third-order valence-electron chi connectivity index (χ3n) is 5.25. The molecule has 0 radical (unpaired) electrons. The van der Waals surface area contributed by atoms with Gasteiger partial charge in [-0.25, -0.2) is 0 Å². The number of nitrogens with zero attached hydrogens (tertiary/aromatic N) is 2. The summed E-state index contributed by atoms with van der Waals surface area (Å²) >= 11 is 0. The van der Waals surface area contributed by atoms with E-state index in [-0.39, 0.29) is 0 Å². The molecule has 1 aliphatic rings. The first kappa shape index (κ1) is 15.8. The van der Waals surface area contributed by atoms with Gasteiger partial charge in [0, 0.05) is 23.9 Å². The van der Waals surface area contributed by atoms with Crippen molar-refractivity contribution in [2.45, 2.75) is 0 Å². The van der Waals surface area contributed by atoms with Crippen molar-refractivity contribution in [2.75, 3.05) is 18.6 Å². The number of para-hydroxylation sites is 1. The Morgan fingerprint density at radius 2 is 1.41 bits per heavy atom. The molecule has 0 bridgehead atoms. The number of fused-ring (bicyclic) bond motifs is 2. The van der Waals surface area contributed by atoms with Gasteiger partial charge in [-0.05, 0) is 34.0 Å². The number of anilines is 1. The fourth-order valence-corrected chi connectivity index (χ4v) is 3.90. The molecule has 0 aromatic heterocycles. The lowest BCUT2D eigenvalue weighted by Gasteiger charge is -2.26. The third kappa shape index (κ3) is 2.70. The van der Waals surface area contributed by atoms with Gasteiger partial charge in [0.25, 0.3) is 0 Å². The van der Waals surface area contributed by atoms with Crippen molar-refractivity contribution in [2.24, 2.45) is 4.99 Å². The molecule has 1 heterocycles. The fraction of sp³-hybridized carbons (Fsp3) is 0.0800. The Bertz CT molecular complexity index is 1170. The van der Waals surface area contributed by atoms with Gasteiger partial charge in [-0.1, -0.05) is 78.9 Å². The summed E-state index contributed by atoms with van der Waals surface area (Å²) in [6.45, 7) is 0.685. The Hall–Kier alpha value is -3.39. The van der Waals surface area contributed by atoms with E-state index in [0.29, 0.717) is 6.67 Å². The molecule has 0 spiro atoms. The zero-order valence-corrected chi connectivity index (χ0v) is 15.3. The average molecular weight is 348 g/mol. The first-order chi connectivity index (χ1) is 13.3. The van der Waals surface area contributed by atoms with Crippen LogP contribution in [0.3, 0.4) is 0 Å². The van der Waals surface area contributed by atoms with Gasteiger partial charge >= 0.3 is 0 Å². The normalized spacial score (nSPS) is 13.4. The summed E-state index contributed by atoms with van der Waals surface area (Å²) in [7, 11) is 2.09. The van der Waals surface area contributed by atoms with E-state index in [9.17, 15) is 0 Å². The number of aliphatic imine (C=N–C) groups is 1. The van der Waals surface area contributed by atoms with E-state index < -0.39 is 0 Å². The summed E-state index contributed by atoms with van der Waals surface area (Å²) in [6.07, 6.45) is 0. The maximum atomic E-state index is 4.86. The van der Waals surface area contributed by atoms with Gasteiger partial charge in [-0.3, -0.25) is 4.99 Å². The molecule has 0 saturated heterocycles. The van der Waals surface area contributed by atoms with Crippen LogP contribution in [0.15, 0.2) is 96.0 Å². The van der Waals surface area contributed by atoms with Crippen molar-refractivity contribution >= 4 is 22.2 Å². The topological polar surface area (TPSA) is 15.6 Å². The Morgan fingerprint density at radius 1 is 0.704 bits per heavy atom. The molecule has 4 aromatic carbocycles. The van der Waals surface area contributed by atoms with Crippen molar-refractivity contribution < 1.29 is 0 Å². The molecule has 5 rings (SSSR count). The molecule has 2 nitrogen and oxygen atoms in total. The van der Waals surface area contributed by atoms with Crippen molar-refractivity contribution in [1.29, 1.82) is 0 Å². The largest absolute Gasteiger partial charge is 0.355 e. The zero-order chi connectivity index (χ0) is 18.2. The van der Waals surface area contributed by atoms with Crippen LogP contribution in [-0.4, -0.2) is 19.4 Å². The second-order valence-electron chi connectivity index (χ2n) is 6.97. The van der Waals surface area contributed by atoms with Crippen LogP contribution in [0.25, 0.3) is 21.9 Å². The van der Waals surface area contributed by atoms with Crippen LogP contribution in [0.1, 0.15) is 11.1 Å². The second kappa shape index (κ2) is 6.40. The van der Waals surface area contributed by atoms with Gasteiger partial charge in [0.2, 0.25) is 0 Å². The van der Waals surface area contributed by atoms with Crippen LogP contribution in [-0.2, 0) is 0 Å². The molecule has 0 amide bonds. The van der Waals surface area contributed by atoms with Crippen molar-refractivity contribution in [3.05, 3.63) is 102 Å². The standard InChI is InChI=1S/C25H20N2/c1-27-17-26-25(23-13-4-5-15-24(23)27)20-11-6-10-19(16-20)22-14-7-9-18-8-2-3-12-21(18)22/h2-16H,17H2,1H3. The van der Waals surface area contributed by atoms with Crippen LogP contribution in [0.2, 0.25) is 0 Å². The van der Waals surface area contributed by atoms with Gasteiger partial charge in [0.05, 0.1) is 5.71 Å². The molecule has 0 saturated carbocycles. The predicted octanol–water partition coefficient (Wildman–Crippen LogP) is 5.75. The smallest absolute Gasteiger partial charge is 0.110 e. The first-order valence-corrected chi connectivity index (χ1v) is 9.25. The second-order valence-corrected chi connectivity index (χ2v) is 6.97. The van der Waals surface area contributed by atoms with Crippen LogP contribution in [0.5, 0.6) is 0 Å². The predicted molar refractivity (Wildman–Crippen MR) is 115 cm³/mol. The first-order valence-electron chi connectivity index (χ1n) is 9.25. The molecule has 0 unspecified atom stereocenters. The summed E-state index contributed by atoms with van der Waals surface area (Å²) in [5, 5.41) is 2.55. The van der Waals surface area contributed by atoms with E-state index in [1.807, 2.05) is 0 Å². The summed E-state index contributed by atoms with van der Waals surface area (Å²) in [5.41, 5.74) is 7.16. The summed E-state index contributed by atoms with van der Waals surface area (Å²) < 4.78 is 0. The molecule has 130 valence electrons. The summed E-state index contributed by atoms with van der Waals surface area (Å²) in [5.74, 6) is 0. The third-order valence-corrected chi connectivity index (χ3v) is 5.25. The van der Waals surface area contributed by atoms with E-state index in [1.165, 1.54) is 38.7 Å². The highest BCUT2D eigenvalue weighted by atomic mass is 15.2. The number of benzene rings is 4. The van der Waals surface area contributed by atoms with E-state index >= 15 is 0 Å². The molecular weight excluding hydrogens is 328 g/mol. The molecule has 2 heteroatoms. The Kier molecular flexibility index (Phi) is 3.75. The lowest BCUT2D eigenvalue weighted by atomic mass is 9.93. The van der Waals surface area contributed by atoms with E-state index in [1.54, 1.807) is 0 Å². The molecule has 0 N–H and O–H groups in total. The molecule has 0 aliphatic carbocycles. The quantitative estimate of drug-likeness (QED) is 0.450. The summed E-state index contributed by atoms with van der Waals surface area (Å²) in [6, 6.07) is 32.3. The highest BCUT2D eigenvalue weighted by Gasteiger charge is 2.18. The monoisotopic (exact) mass is 348 g/mol. The van der Waals surface area contributed by atoms with Gasteiger partial charge in [0.1, 0.15) is 6.67 Å². The number of rotatable bonds is 2. The van der Waals surface area contributed by atoms with Crippen LogP contribution < -0.4 is 4.90 Å². The lowest BCUT2D eigenvalue weighted by molar-refractivity contribution is 0.917. The summed E-state index contributed by atoms with van der Waals surface area (Å²) in [4.78, 5) is 7.05. The number of hydrogen-bond acceptors (Lipinski definition) is 2. The van der Waals surface area contributed by atoms with E-state index in [2.05, 4.69) is 103 Å². The highest BCUT2D eigenvalue weighted by molar-refractivity contribution is 6.17. The maximum Gasteiger partial charge on any atom is 0.110 e. The Balaban J connectivity index is 1.65. The van der Waals surface area contributed by atoms with Gasteiger partial charge in [-0.2, -0.15) is 0 Å². The highest BCUT2D eigenvalue weighted by Crippen LogP contribution is 2.31. The van der Waals surface area contributed by atoms with E-state index in [0.717, 1.165) is 5.71 Å². The van der Waals surface area contributed by atoms with Gasteiger partial charge < -0.3 is 4.90 Å². The molecule has 0 fully saturated rings. The fourth-order valence-electron chi connectivity index (χ4n) is 3.90.